The molecular formula is C9H15N3O2S. The molecule has 1 aromatic heterocycles. The number of carbonyl (C=O) groups is 1. The van der Waals surface area contributed by atoms with E-state index in [0.29, 0.717) is 18.0 Å². The Hall–Kier alpha value is -1.14. The topological polar surface area (TPSA) is 63.2 Å². The fourth-order valence-electron chi connectivity index (χ4n) is 1.06. The minimum absolute atomic E-state index is 0.0928. The minimum atomic E-state index is -0.0928. The van der Waals surface area contributed by atoms with Crippen molar-refractivity contribution in [3.8, 4) is 0 Å². The highest BCUT2D eigenvalue weighted by Crippen LogP contribution is 2.21. The predicted octanol–water partition coefficient (Wildman–Crippen LogP) is 0.869. The molecule has 0 aliphatic carbocycles. The van der Waals surface area contributed by atoms with Crippen molar-refractivity contribution in [2.45, 2.75) is 6.92 Å². The van der Waals surface area contributed by atoms with Gasteiger partial charge >= 0.3 is 0 Å². The van der Waals surface area contributed by atoms with Gasteiger partial charge in [-0.3, -0.25) is 4.79 Å². The molecule has 0 aromatic carbocycles. The second-order valence-corrected chi connectivity index (χ2v) is 3.93. The first-order valence-corrected chi connectivity index (χ1v) is 5.43. The van der Waals surface area contributed by atoms with Crippen molar-refractivity contribution in [3.63, 3.8) is 0 Å². The van der Waals surface area contributed by atoms with Crippen molar-refractivity contribution in [1.82, 2.24) is 10.3 Å². The Kier molecular flexibility index (Phi) is 4.51. The summed E-state index contributed by atoms with van der Waals surface area (Å²) in [6.07, 6.45) is 0. The van der Waals surface area contributed by atoms with Crippen molar-refractivity contribution in [2.24, 2.45) is 0 Å². The number of hydrogen-bond donors (Lipinski definition) is 2. The number of carbonyl (C=O) groups excluding carboxylic acids is 1. The van der Waals surface area contributed by atoms with Crippen LogP contribution in [-0.2, 0) is 4.74 Å². The number of hydrogen-bond acceptors (Lipinski definition) is 5. The third-order valence-electron chi connectivity index (χ3n) is 1.81. The van der Waals surface area contributed by atoms with E-state index in [1.54, 1.807) is 14.2 Å². The highest BCUT2D eigenvalue weighted by Gasteiger charge is 2.13. The number of ether oxygens (including phenoxy) is 1. The smallest absolute Gasteiger partial charge is 0.263 e. The van der Waals surface area contributed by atoms with E-state index in [4.69, 9.17) is 4.74 Å². The van der Waals surface area contributed by atoms with E-state index in [1.807, 2.05) is 6.92 Å². The van der Waals surface area contributed by atoms with E-state index in [9.17, 15) is 4.79 Å². The summed E-state index contributed by atoms with van der Waals surface area (Å²) < 4.78 is 4.90. The number of nitrogens with zero attached hydrogens (tertiary/aromatic N) is 1. The average Bonchev–Trinajstić information content (AvgIpc) is 2.59. The quantitative estimate of drug-likeness (QED) is 0.735. The van der Waals surface area contributed by atoms with Crippen LogP contribution >= 0.6 is 11.3 Å². The highest BCUT2D eigenvalue weighted by atomic mass is 32.1. The van der Waals surface area contributed by atoms with E-state index in [-0.39, 0.29) is 5.91 Å². The summed E-state index contributed by atoms with van der Waals surface area (Å²) in [6, 6.07) is 0. The van der Waals surface area contributed by atoms with E-state index in [2.05, 4.69) is 15.6 Å². The lowest BCUT2D eigenvalue weighted by atomic mass is 10.4. The molecule has 6 heteroatoms. The van der Waals surface area contributed by atoms with Gasteiger partial charge in [0.15, 0.2) is 5.13 Å². The largest absolute Gasteiger partial charge is 0.383 e. The molecule has 0 aliphatic heterocycles. The van der Waals surface area contributed by atoms with Crippen LogP contribution in [0.1, 0.15) is 15.4 Å². The number of thiazole rings is 1. The average molecular weight is 229 g/mol. The molecule has 0 bridgehead atoms. The molecule has 0 unspecified atom stereocenters. The van der Waals surface area contributed by atoms with Crippen LogP contribution in [0.3, 0.4) is 0 Å². The molecule has 0 spiro atoms. The van der Waals surface area contributed by atoms with E-state index in [0.717, 1.165) is 10.8 Å². The first-order valence-electron chi connectivity index (χ1n) is 4.61. The lowest BCUT2D eigenvalue weighted by molar-refractivity contribution is 0.0966. The molecule has 0 atom stereocenters. The Bertz CT molecular complexity index is 338. The number of nitrogens with one attached hydrogen (secondary N) is 2. The molecule has 1 rings (SSSR count). The Morgan fingerprint density at radius 3 is 2.93 bits per heavy atom. The summed E-state index contributed by atoms with van der Waals surface area (Å²) in [4.78, 5) is 16.3. The summed E-state index contributed by atoms with van der Waals surface area (Å²) in [7, 11) is 3.25. The maximum Gasteiger partial charge on any atom is 0.263 e. The van der Waals surface area contributed by atoms with Gasteiger partial charge in [0.1, 0.15) is 4.88 Å². The zero-order chi connectivity index (χ0) is 11.3. The maximum absolute atomic E-state index is 11.4. The number of aryl methyl sites for hydroxylation is 1. The Balaban J connectivity index is 2.64. The van der Waals surface area contributed by atoms with Gasteiger partial charge in [-0.2, -0.15) is 0 Å². The molecule has 1 heterocycles. The molecule has 1 aromatic rings. The zero-order valence-corrected chi connectivity index (χ0v) is 9.90. The highest BCUT2D eigenvalue weighted by molar-refractivity contribution is 7.17. The number of amides is 1. The molecular weight excluding hydrogens is 214 g/mol. The SMILES string of the molecule is CNC(=O)c1sc(NCCOC)nc1C. The standard InChI is InChI=1S/C9H15N3O2S/c1-6-7(8(13)10-2)15-9(12-6)11-4-5-14-3/h4-5H2,1-3H3,(H,10,13)(H,11,12). The number of rotatable bonds is 5. The molecule has 84 valence electrons. The van der Waals surface area contributed by atoms with Gasteiger partial charge in [-0.1, -0.05) is 11.3 Å². The maximum atomic E-state index is 11.4. The van der Waals surface area contributed by atoms with Gasteiger partial charge in [-0.05, 0) is 6.92 Å². The third-order valence-corrected chi connectivity index (χ3v) is 2.93. The van der Waals surface area contributed by atoms with Gasteiger partial charge in [-0.15, -0.1) is 0 Å². The number of aromatic nitrogens is 1. The lowest BCUT2D eigenvalue weighted by Crippen LogP contribution is -2.17. The van der Waals surface area contributed by atoms with Crippen molar-refractivity contribution in [2.75, 3.05) is 32.6 Å². The number of anilines is 1. The van der Waals surface area contributed by atoms with Gasteiger partial charge in [0.05, 0.1) is 12.3 Å². The summed E-state index contributed by atoms with van der Waals surface area (Å²) in [5.41, 5.74) is 0.749. The second-order valence-electron chi connectivity index (χ2n) is 2.93. The molecule has 15 heavy (non-hydrogen) atoms. The van der Waals surface area contributed by atoms with Crippen molar-refractivity contribution in [1.29, 1.82) is 0 Å². The van der Waals surface area contributed by atoms with Crippen LogP contribution in [0.15, 0.2) is 0 Å². The van der Waals surface area contributed by atoms with Crippen LogP contribution in [0.25, 0.3) is 0 Å². The molecule has 5 nitrogen and oxygen atoms in total. The van der Waals surface area contributed by atoms with Crippen LogP contribution in [0.5, 0.6) is 0 Å². The van der Waals surface area contributed by atoms with Crippen LogP contribution in [-0.4, -0.2) is 38.2 Å². The fourth-order valence-corrected chi connectivity index (χ4v) is 1.99. The second kappa shape index (κ2) is 5.67. The number of methoxy groups -OCH3 is 1. The molecule has 0 saturated carbocycles. The van der Waals surface area contributed by atoms with E-state index < -0.39 is 0 Å². The molecule has 0 aliphatic rings. The molecule has 2 N–H and O–H groups in total. The van der Waals surface area contributed by atoms with Gasteiger partial charge in [0.25, 0.3) is 5.91 Å². The van der Waals surface area contributed by atoms with E-state index in [1.165, 1.54) is 11.3 Å². The van der Waals surface area contributed by atoms with Gasteiger partial charge in [0, 0.05) is 20.7 Å². The van der Waals surface area contributed by atoms with Crippen molar-refractivity contribution >= 4 is 22.4 Å². The zero-order valence-electron chi connectivity index (χ0n) is 9.09. The fraction of sp³-hybridized carbons (Fsp3) is 0.556. The molecule has 0 radical (unpaired) electrons. The Morgan fingerprint density at radius 1 is 1.60 bits per heavy atom. The summed E-state index contributed by atoms with van der Waals surface area (Å²) in [5, 5.41) is 6.42. The van der Waals surface area contributed by atoms with Crippen LogP contribution in [0.2, 0.25) is 0 Å². The Labute approximate surface area is 92.9 Å². The molecule has 1 amide bonds. The van der Waals surface area contributed by atoms with E-state index >= 15 is 0 Å². The first kappa shape index (κ1) is 11.9. The summed E-state index contributed by atoms with van der Waals surface area (Å²) in [5.74, 6) is -0.0928. The van der Waals surface area contributed by atoms with Gasteiger partial charge in [0.2, 0.25) is 0 Å². The third kappa shape index (κ3) is 3.17. The molecule has 0 saturated heterocycles. The Morgan fingerprint density at radius 2 is 2.33 bits per heavy atom. The monoisotopic (exact) mass is 229 g/mol. The minimum Gasteiger partial charge on any atom is -0.383 e. The van der Waals surface area contributed by atoms with Crippen LogP contribution in [0, 0.1) is 6.92 Å². The van der Waals surface area contributed by atoms with Crippen LogP contribution < -0.4 is 10.6 Å². The summed E-state index contributed by atoms with van der Waals surface area (Å²) in [6.45, 7) is 3.13. The van der Waals surface area contributed by atoms with Gasteiger partial charge in [-0.25, -0.2) is 4.98 Å². The van der Waals surface area contributed by atoms with Crippen molar-refractivity contribution < 1.29 is 9.53 Å². The van der Waals surface area contributed by atoms with Gasteiger partial charge < -0.3 is 15.4 Å². The summed E-state index contributed by atoms with van der Waals surface area (Å²) >= 11 is 1.35. The molecule has 0 fully saturated rings. The normalized spacial score (nSPS) is 10.1. The lowest BCUT2D eigenvalue weighted by Gasteiger charge is -1.99. The first-order chi connectivity index (χ1) is 7.19. The van der Waals surface area contributed by atoms with Crippen molar-refractivity contribution in [3.05, 3.63) is 10.6 Å². The predicted molar refractivity (Wildman–Crippen MR) is 60.6 cm³/mol. The van der Waals surface area contributed by atoms with Crippen LogP contribution in [0.4, 0.5) is 5.13 Å².